The zero-order chi connectivity index (χ0) is 22.5. The molecule has 0 saturated heterocycles. The minimum absolute atomic E-state index is 0.0721. The molecule has 2 heterocycles. The van der Waals surface area contributed by atoms with Crippen LogP contribution >= 0.6 is 0 Å². The lowest BCUT2D eigenvalue weighted by Crippen LogP contribution is -2.43. The highest BCUT2D eigenvalue weighted by Crippen LogP contribution is 2.16. The van der Waals surface area contributed by atoms with Gasteiger partial charge in [0, 0.05) is 23.5 Å². The molecule has 0 unspecified atom stereocenters. The van der Waals surface area contributed by atoms with Gasteiger partial charge in [-0.3, -0.25) is 30.2 Å². The summed E-state index contributed by atoms with van der Waals surface area (Å²) in [5, 5.41) is 6.68. The van der Waals surface area contributed by atoms with Gasteiger partial charge in [-0.25, -0.2) is 4.68 Å². The van der Waals surface area contributed by atoms with E-state index in [-0.39, 0.29) is 16.9 Å². The van der Waals surface area contributed by atoms with Crippen molar-refractivity contribution < 1.29 is 9.59 Å². The van der Waals surface area contributed by atoms with Gasteiger partial charge in [0.1, 0.15) is 5.69 Å². The summed E-state index contributed by atoms with van der Waals surface area (Å²) in [6.07, 6.45) is 4.28. The number of rotatable bonds is 6. The van der Waals surface area contributed by atoms with Crippen LogP contribution in [-0.2, 0) is 6.54 Å². The Hall–Kier alpha value is -4.07. The van der Waals surface area contributed by atoms with Crippen LogP contribution in [0.5, 0.6) is 0 Å². The number of hydrazine groups is 1. The van der Waals surface area contributed by atoms with Crippen molar-refractivity contribution in [1.82, 2.24) is 25.6 Å². The van der Waals surface area contributed by atoms with Gasteiger partial charge in [0.25, 0.3) is 17.4 Å². The third-order valence-corrected chi connectivity index (χ3v) is 5.23. The highest BCUT2D eigenvalue weighted by atomic mass is 16.2. The van der Waals surface area contributed by atoms with Crippen LogP contribution in [0.2, 0.25) is 0 Å². The third kappa shape index (κ3) is 4.20. The van der Waals surface area contributed by atoms with Gasteiger partial charge < -0.3 is 0 Å². The number of amides is 2. The average molecular weight is 429 g/mol. The molecule has 162 valence electrons. The fourth-order valence-corrected chi connectivity index (χ4v) is 3.60. The van der Waals surface area contributed by atoms with Crippen molar-refractivity contribution in [2.24, 2.45) is 0 Å². The van der Waals surface area contributed by atoms with Gasteiger partial charge in [0.2, 0.25) is 0 Å². The number of hydrogen-bond donors (Lipinski definition) is 2. The van der Waals surface area contributed by atoms with Crippen LogP contribution in [-0.4, -0.2) is 26.6 Å². The largest absolute Gasteiger partial charge is 0.290 e. The molecule has 0 atom stereocenters. The van der Waals surface area contributed by atoms with E-state index >= 15 is 0 Å². The predicted octanol–water partition coefficient (Wildman–Crippen LogP) is 3.21. The van der Waals surface area contributed by atoms with Gasteiger partial charge in [-0.15, -0.1) is 0 Å². The molecule has 2 aromatic heterocycles. The first-order valence-corrected chi connectivity index (χ1v) is 10.5. The van der Waals surface area contributed by atoms with E-state index < -0.39 is 11.8 Å². The van der Waals surface area contributed by atoms with E-state index in [1.807, 2.05) is 24.3 Å². The highest BCUT2D eigenvalue weighted by Gasteiger charge is 2.18. The third-order valence-electron chi connectivity index (χ3n) is 5.23. The number of aryl methyl sites for hydroxylation is 1. The number of nitrogens with one attached hydrogen (secondary N) is 2. The lowest BCUT2D eigenvalue weighted by Gasteiger charge is -2.12. The molecule has 2 amide bonds. The van der Waals surface area contributed by atoms with Crippen molar-refractivity contribution >= 4 is 33.4 Å². The quantitative estimate of drug-likeness (QED) is 0.362. The molecule has 32 heavy (non-hydrogen) atoms. The Kier molecular flexibility index (Phi) is 6.21. The summed E-state index contributed by atoms with van der Waals surface area (Å²) >= 11 is 0. The zero-order valence-electron chi connectivity index (χ0n) is 17.7. The maximum Gasteiger partial charge on any atom is 0.290 e. The first-order valence-electron chi connectivity index (χ1n) is 10.5. The van der Waals surface area contributed by atoms with Gasteiger partial charge in [-0.2, -0.15) is 5.10 Å². The fourth-order valence-electron chi connectivity index (χ4n) is 3.60. The summed E-state index contributed by atoms with van der Waals surface area (Å²) in [6, 6.07) is 16.0. The molecular formula is C24H23N5O3. The van der Waals surface area contributed by atoms with E-state index in [9.17, 15) is 14.4 Å². The Balaban J connectivity index is 1.60. The maximum atomic E-state index is 12.9. The molecule has 2 aromatic carbocycles. The monoisotopic (exact) mass is 429 g/mol. The van der Waals surface area contributed by atoms with Crippen molar-refractivity contribution in [1.29, 1.82) is 0 Å². The number of benzene rings is 2. The van der Waals surface area contributed by atoms with Gasteiger partial charge in [-0.05, 0) is 23.9 Å². The van der Waals surface area contributed by atoms with Crippen LogP contribution in [0.3, 0.4) is 0 Å². The van der Waals surface area contributed by atoms with E-state index in [1.54, 1.807) is 36.5 Å². The Bertz CT molecular complexity index is 1360. The second kappa shape index (κ2) is 9.38. The molecule has 0 bridgehead atoms. The molecular weight excluding hydrogens is 406 g/mol. The molecule has 8 heteroatoms. The summed E-state index contributed by atoms with van der Waals surface area (Å²) in [4.78, 5) is 42.5. The standard InChI is InChI=1S/C24H23N5O3/c1-2-3-8-15-29-24(32)19-12-7-6-11-18(19)21(28-29)23(31)27-26-22(30)20-17-10-5-4-9-16(17)13-14-25-20/h4-7,9-14H,2-3,8,15H2,1H3,(H,26,30)(H,27,31). The van der Waals surface area contributed by atoms with Crippen molar-refractivity contribution in [3.63, 3.8) is 0 Å². The molecule has 0 saturated carbocycles. The first kappa shape index (κ1) is 21.2. The number of fused-ring (bicyclic) bond motifs is 2. The summed E-state index contributed by atoms with van der Waals surface area (Å²) in [5.41, 5.74) is 4.86. The minimum atomic E-state index is -0.612. The van der Waals surface area contributed by atoms with Crippen LogP contribution in [0.25, 0.3) is 21.5 Å². The second-order valence-electron chi connectivity index (χ2n) is 7.42. The van der Waals surface area contributed by atoms with E-state index in [4.69, 9.17) is 0 Å². The molecule has 0 spiro atoms. The Morgan fingerprint density at radius 1 is 0.844 bits per heavy atom. The Morgan fingerprint density at radius 3 is 2.25 bits per heavy atom. The number of hydrogen-bond acceptors (Lipinski definition) is 5. The lowest BCUT2D eigenvalue weighted by atomic mass is 10.1. The summed E-state index contributed by atoms with van der Waals surface area (Å²) in [6.45, 7) is 2.49. The first-order chi connectivity index (χ1) is 15.6. The zero-order valence-corrected chi connectivity index (χ0v) is 17.7. The number of pyridine rings is 1. The summed E-state index contributed by atoms with van der Waals surface area (Å²) in [5.74, 6) is -1.16. The molecule has 0 radical (unpaired) electrons. The van der Waals surface area contributed by atoms with E-state index in [1.165, 1.54) is 4.68 Å². The van der Waals surface area contributed by atoms with Gasteiger partial charge in [0.05, 0.1) is 5.39 Å². The van der Waals surface area contributed by atoms with Crippen LogP contribution in [0.4, 0.5) is 0 Å². The van der Waals surface area contributed by atoms with Crippen LogP contribution < -0.4 is 16.4 Å². The van der Waals surface area contributed by atoms with Crippen LogP contribution in [0.15, 0.2) is 65.6 Å². The number of aromatic nitrogens is 3. The highest BCUT2D eigenvalue weighted by molar-refractivity contribution is 6.08. The normalized spacial score (nSPS) is 10.9. The Labute approximate surface area is 184 Å². The van der Waals surface area contributed by atoms with Crippen LogP contribution in [0, 0.1) is 0 Å². The van der Waals surface area contributed by atoms with Crippen LogP contribution in [0.1, 0.15) is 47.2 Å². The number of unbranched alkanes of at least 4 members (excludes halogenated alkanes) is 2. The fraction of sp³-hybridized carbons (Fsp3) is 0.208. The lowest BCUT2D eigenvalue weighted by molar-refractivity contribution is 0.0842. The smallest absolute Gasteiger partial charge is 0.267 e. The van der Waals surface area contributed by atoms with Crippen molar-refractivity contribution in [3.8, 4) is 0 Å². The maximum absolute atomic E-state index is 12.9. The van der Waals surface area contributed by atoms with Gasteiger partial charge in [-0.1, -0.05) is 62.2 Å². The summed E-state index contributed by atoms with van der Waals surface area (Å²) < 4.78 is 1.32. The number of nitrogens with zero attached hydrogens (tertiary/aromatic N) is 3. The molecule has 4 rings (SSSR count). The van der Waals surface area contributed by atoms with E-state index in [0.29, 0.717) is 22.7 Å². The SMILES string of the molecule is CCCCCn1nc(C(=O)NNC(=O)c2nccc3ccccc23)c2ccccc2c1=O. The minimum Gasteiger partial charge on any atom is -0.267 e. The van der Waals surface area contributed by atoms with Gasteiger partial charge >= 0.3 is 0 Å². The molecule has 0 fully saturated rings. The number of carbonyl (C=O) groups excluding carboxylic acids is 2. The molecule has 0 aliphatic rings. The van der Waals surface area contributed by atoms with E-state index in [2.05, 4.69) is 27.9 Å². The predicted molar refractivity (Wildman–Crippen MR) is 122 cm³/mol. The molecule has 0 aliphatic heterocycles. The van der Waals surface area contributed by atoms with E-state index in [0.717, 1.165) is 24.6 Å². The average Bonchev–Trinajstić information content (AvgIpc) is 2.83. The molecule has 2 N–H and O–H groups in total. The Morgan fingerprint density at radius 2 is 1.50 bits per heavy atom. The molecule has 8 nitrogen and oxygen atoms in total. The van der Waals surface area contributed by atoms with Crippen molar-refractivity contribution in [3.05, 3.63) is 82.5 Å². The second-order valence-corrected chi connectivity index (χ2v) is 7.42. The number of carbonyl (C=O) groups is 2. The topological polar surface area (TPSA) is 106 Å². The molecule has 0 aliphatic carbocycles. The molecule has 4 aromatic rings. The van der Waals surface area contributed by atoms with Crippen molar-refractivity contribution in [2.75, 3.05) is 0 Å². The summed E-state index contributed by atoms with van der Waals surface area (Å²) in [7, 11) is 0. The van der Waals surface area contributed by atoms with Gasteiger partial charge in [0.15, 0.2) is 5.69 Å². The van der Waals surface area contributed by atoms with Crippen molar-refractivity contribution in [2.45, 2.75) is 32.7 Å².